The molecule has 25 heavy (non-hydrogen) atoms. The van der Waals surface area contributed by atoms with Crippen molar-refractivity contribution < 1.29 is 9.21 Å². The molecule has 0 fully saturated rings. The zero-order chi connectivity index (χ0) is 17.5. The summed E-state index contributed by atoms with van der Waals surface area (Å²) < 4.78 is 6.52. The Bertz CT molecular complexity index is 760. The van der Waals surface area contributed by atoms with Crippen LogP contribution in [0.15, 0.2) is 50.0 Å². The molecule has 1 aliphatic rings. The van der Waals surface area contributed by atoms with E-state index in [0.29, 0.717) is 17.7 Å². The third-order valence-electron chi connectivity index (χ3n) is 3.99. The summed E-state index contributed by atoms with van der Waals surface area (Å²) in [4.78, 5) is 11.9. The molecule has 1 aromatic carbocycles. The zero-order valence-corrected chi connectivity index (χ0v) is 16.2. The summed E-state index contributed by atoms with van der Waals surface area (Å²) in [6, 6.07) is 7.65. The number of nitrogens with one attached hydrogen (secondary N) is 1. The highest BCUT2D eigenvalue weighted by Crippen LogP contribution is 2.28. The predicted molar refractivity (Wildman–Crippen MR) is 102 cm³/mol. The van der Waals surface area contributed by atoms with Gasteiger partial charge in [0, 0.05) is 11.0 Å². The predicted octanol–water partition coefficient (Wildman–Crippen LogP) is 4.60. The quantitative estimate of drug-likeness (QED) is 0.522. The van der Waals surface area contributed by atoms with Gasteiger partial charge in [-0.3, -0.25) is 4.79 Å². The molecule has 1 heterocycles. The van der Waals surface area contributed by atoms with Crippen molar-refractivity contribution in [1.82, 2.24) is 15.5 Å². The number of amides is 1. The van der Waals surface area contributed by atoms with Crippen LogP contribution < -0.4 is 5.32 Å². The summed E-state index contributed by atoms with van der Waals surface area (Å²) in [6.45, 7) is 0.692. The lowest BCUT2D eigenvalue weighted by Gasteiger charge is -2.12. The average Bonchev–Trinajstić information content (AvgIpc) is 3.10. The molecule has 0 saturated carbocycles. The number of rotatable bonds is 7. The van der Waals surface area contributed by atoms with E-state index in [1.807, 2.05) is 24.3 Å². The van der Waals surface area contributed by atoms with Crippen LogP contribution >= 0.6 is 27.7 Å². The molecule has 0 spiro atoms. The van der Waals surface area contributed by atoms with Crippen LogP contribution in [0.5, 0.6) is 0 Å². The van der Waals surface area contributed by atoms with E-state index in [4.69, 9.17) is 4.42 Å². The van der Waals surface area contributed by atoms with E-state index in [0.717, 1.165) is 16.5 Å². The Morgan fingerprint density at radius 1 is 1.28 bits per heavy atom. The van der Waals surface area contributed by atoms with Crippen molar-refractivity contribution in [3.63, 3.8) is 0 Å². The maximum atomic E-state index is 11.9. The van der Waals surface area contributed by atoms with Gasteiger partial charge in [0.15, 0.2) is 0 Å². The Labute approximate surface area is 159 Å². The van der Waals surface area contributed by atoms with Crippen molar-refractivity contribution in [2.75, 3.05) is 12.3 Å². The standard InChI is InChI=1S/C18H20BrN3O2S/c19-15-9-5-4-8-14(15)17-21-22-18(24-17)25-12-16(23)20-11-10-13-6-2-1-3-7-13/h4-6,8-9H,1-3,7,10-12H2,(H,20,23). The molecule has 0 bridgehead atoms. The van der Waals surface area contributed by atoms with Gasteiger partial charge in [-0.15, -0.1) is 10.2 Å². The fraction of sp³-hybridized carbons (Fsp3) is 0.389. The zero-order valence-electron chi connectivity index (χ0n) is 13.8. The minimum Gasteiger partial charge on any atom is -0.411 e. The average molecular weight is 422 g/mol. The van der Waals surface area contributed by atoms with E-state index in [9.17, 15) is 4.79 Å². The number of carbonyl (C=O) groups is 1. The highest BCUT2D eigenvalue weighted by molar-refractivity contribution is 9.10. The summed E-state index contributed by atoms with van der Waals surface area (Å²) in [5.74, 6) is 0.707. The molecule has 3 rings (SSSR count). The maximum Gasteiger partial charge on any atom is 0.277 e. The van der Waals surface area contributed by atoms with E-state index >= 15 is 0 Å². The largest absolute Gasteiger partial charge is 0.411 e. The van der Waals surface area contributed by atoms with Gasteiger partial charge in [-0.05, 0) is 60.2 Å². The summed E-state index contributed by atoms with van der Waals surface area (Å²) in [5, 5.41) is 11.4. The number of allylic oxidation sites excluding steroid dienone is 1. The van der Waals surface area contributed by atoms with Crippen LogP contribution in [-0.2, 0) is 4.79 Å². The molecule has 7 heteroatoms. The van der Waals surface area contributed by atoms with E-state index in [2.05, 4.69) is 37.5 Å². The van der Waals surface area contributed by atoms with E-state index < -0.39 is 0 Å². The summed E-state index contributed by atoms with van der Waals surface area (Å²) in [6.07, 6.45) is 8.17. The van der Waals surface area contributed by atoms with Crippen LogP contribution in [0.25, 0.3) is 11.5 Å². The minimum atomic E-state index is -0.0120. The molecule has 132 valence electrons. The monoisotopic (exact) mass is 421 g/mol. The maximum absolute atomic E-state index is 11.9. The lowest BCUT2D eigenvalue weighted by atomic mass is 9.97. The Kier molecular flexibility index (Phi) is 6.69. The van der Waals surface area contributed by atoms with Crippen LogP contribution in [0.2, 0.25) is 0 Å². The molecule has 1 aliphatic carbocycles. The van der Waals surface area contributed by atoms with Gasteiger partial charge >= 0.3 is 0 Å². The first-order valence-corrected chi connectivity index (χ1v) is 10.2. The van der Waals surface area contributed by atoms with Gasteiger partial charge in [-0.2, -0.15) is 0 Å². The van der Waals surface area contributed by atoms with Gasteiger partial charge < -0.3 is 9.73 Å². The molecule has 0 unspecified atom stereocenters. The Morgan fingerprint density at radius 3 is 2.96 bits per heavy atom. The second-order valence-electron chi connectivity index (χ2n) is 5.85. The van der Waals surface area contributed by atoms with E-state index in [1.165, 1.54) is 43.0 Å². The Morgan fingerprint density at radius 2 is 2.16 bits per heavy atom. The molecule has 0 radical (unpaired) electrons. The first-order valence-electron chi connectivity index (χ1n) is 8.38. The summed E-state index contributed by atoms with van der Waals surface area (Å²) in [7, 11) is 0. The molecule has 1 amide bonds. The molecule has 0 saturated heterocycles. The first kappa shape index (κ1) is 18.2. The fourth-order valence-corrected chi connectivity index (χ4v) is 3.73. The van der Waals surface area contributed by atoms with E-state index in [-0.39, 0.29) is 11.7 Å². The van der Waals surface area contributed by atoms with Crippen LogP contribution in [-0.4, -0.2) is 28.4 Å². The second-order valence-corrected chi connectivity index (χ2v) is 7.63. The third-order valence-corrected chi connectivity index (χ3v) is 5.50. The van der Waals surface area contributed by atoms with Gasteiger partial charge in [0.2, 0.25) is 11.8 Å². The molecule has 2 aromatic rings. The van der Waals surface area contributed by atoms with E-state index in [1.54, 1.807) is 0 Å². The lowest BCUT2D eigenvalue weighted by Crippen LogP contribution is -2.26. The van der Waals surface area contributed by atoms with Gasteiger partial charge in [0.05, 0.1) is 11.3 Å². The number of benzene rings is 1. The number of halogens is 1. The van der Waals surface area contributed by atoms with Crippen LogP contribution in [0.3, 0.4) is 0 Å². The Hall–Kier alpha value is -1.60. The highest BCUT2D eigenvalue weighted by atomic mass is 79.9. The first-order chi connectivity index (χ1) is 12.2. The molecule has 5 nitrogen and oxygen atoms in total. The van der Waals surface area contributed by atoms with Crippen molar-refractivity contribution in [1.29, 1.82) is 0 Å². The van der Waals surface area contributed by atoms with Gasteiger partial charge in [0.1, 0.15) is 0 Å². The highest BCUT2D eigenvalue weighted by Gasteiger charge is 2.13. The van der Waals surface area contributed by atoms with Crippen LogP contribution in [0.1, 0.15) is 32.1 Å². The fourth-order valence-electron chi connectivity index (χ4n) is 2.68. The number of thioether (sulfide) groups is 1. The number of aromatic nitrogens is 2. The molecule has 0 atom stereocenters. The second kappa shape index (κ2) is 9.20. The normalized spacial score (nSPS) is 14.2. The van der Waals surface area contributed by atoms with Crippen molar-refractivity contribution in [3.05, 3.63) is 40.4 Å². The SMILES string of the molecule is O=C(CSc1nnc(-c2ccccc2Br)o1)NCCC1=CCCCC1. The van der Waals surface area contributed by atoms with Crippen molar-refractivity contribution in [3.8, 4) is 11.5 Å². The summed E-state index contributed by atoms with van der Waals surface area (Å²) >= 11 is 4.72. The minimum absolute atomic E-state index is 0.0120. The topological polar surface area (TPSA) is 68.0 Å². The molecule has 1 N–H and O–H groups in total. The number of hydrogen-bond donors (Lipinski definition) is 1. The molecular formula is C18H20BrN3O2S. The van der Waals surface area contributed by atoms with Crippen molar-refractivity contribution >= 4 is 33.6 Å². The molecule has 1 aromatic heterocycles. The van der Waals surface area contributed by atoms with Crippen molar-refractivity contribution in [2.24, 2.45) is 0 Å². The van der Waals surface area contributed by atoms with Gasteiger partial charge in [-0.1, -0.05) is 35.5 Å². The van der Waals surface area contributed by atoms with Gasteiger partial charge in [0.25, 0.3) is 5.22 Å². The molecule has 0 aliphatic heterocycles. The van der Waals surface area contributed by atoms with Crippen LogP contribution in [0.4, 0.5) is 0 Å². The third kappa shape index (κ3) is 5.44. The van der Waals surface area contributed by atoms with Crippen LogP contribution in [0, 0.1) is 0 Å². The molecular weight excluding hydrogens is 402 g/mol. The number of nitrogens with zero attached hydrogens (tertiary/aromatic N) is 2. The number of carbonyl (C=O) groups excluding carboxylic acids is 1. The lowest BCUT2D eigenvalue weighted by molar-refractivity contribution is -0.118. The van der Waals surface area contributed by atoms with Crippen molar-refractivity contribution in [2.45, 2.75) is 37.3 Å². The number of hydrogen-bond acceptors (Lipinski definition) is 5. The Balaban J connectivity index is 1.43. The smallest absolute Gasteiger partial charge is 0.277 e. The summed E-state index contributed by atoms with van der Waals surface area (Å²) in [5.41, 5.74) is 2.31. The van der Waals surface area contributed by atoms with Gasteiger partial charge in [-0.25, -0.2) is 0 Å².